The predicted octanol–water partition coefficient (Wildman–Crippen LogP) is 2.33. The van der Waals surface area contributed by atoms with Gasteiger partial charge in [0.25, 0.3) is 11.2 Å². The first-order valence-corrected chi connectivity index (χ1v) is 9.60. The molecule has 9 heteroatoms. The van der Waals surface area contributed by atoms with Gasteiger partial charge in [-0.25, -0.2) is 4.98 Å². The van der Waals surface area contributed by atoms with Crippen LogP contribution in [0.5, 0.6) is 0 Å². The number of fused-ring (bicyclic) bond motifs is 1. The Hall–Kier alpha value is -3.77. The van der Waals surface area contributed by atoms with E-state index in [1.54, 1.807) is 19.1 Å². The highest BCUT2D eigenvalue weighted by Gasteiger charge is 2.24. The lowest BCUT2D eigenvalue weighted by Crippen LogP contribution is -2.46. The van der Waals surface area contributed by atoms with Gasteiger partial charge in [-0.15, -0.1) is 0 Å². The Morgan fingerprint density at radius 1 is 1.23 bits per heavy atom. The molecule has 9 nitrogen and oxygen atoms in total. The van der Waals surface area contributed by atoms with Crippen LogP contribution in [0.15, 0.2) is 41.2 Å². The van der Waals surface area contributed by atoms with Gasteiger partial charge in [0.15, 0.2) is 0 Å². The number of nitro benzene ring substituents is 1. The van der Waals surface area contributed by atoms with E-state index < -0.39 is 4.92 Å². The summed E-state index contributed by atoms with van der Waals surface area (Å²) in [5.41, 5.74) is 2.05. The number of rotatable bonds is 4. The third kappa shape index (κ3) is 3.73. The fourth-order valence-electron chi connectivity index (χ4n) is 3.84. The van der Waals surface area contributed by atoms with Gasteiger partial charge in [-0.3, -0.25) is 19.8 Å². The number of H-pyrrole nitrogens is 1. The van der Waals surface area contributed by atoms with Gasteiger partial charge in [0.2, 0.25) is 0 Å². The minimum absolute atomic E-state index is 0.0376. The fraction of sp³-hybridized carbons (Fsp3) is 0.286. The average Bonchev–Trinajstić information content (AvgIpc) is 2.74. The molecule has 1 aromatic heterocycles. The van der Waals surface area contributed by atoms with Crippen molar-refractivity contribution in [3.63, 3.8) is 0 Å². The van der Waals surface area contributed by atoms with Crippen molar-refractivity contribution < 1.29 is 4.92 Å². The summed E-state index contributed by atoms with van der Waals surface area (Å²) in [5.74, 6) is 0.616. The van der Waals surface area contributed by atoms with Crippen LogP contribution in [0.2, 0.25) is 0 Å². The van der Waals surface area contributed by atoms with Crippen molar-refractivity contribution in [1.82, 2.24) is 14.9 Å². The van der Waals surface area contributed by atoms with E-state index in [0.29, 0.717) is 55.0 Å². The molecule has 4 rings (SSSR count). The number of para-hydroxylation sites is 1. The predicted molar refractivity (Wildman–Crippen MR) is 112 cm³/mol. The molecular formula is C21H20N6O3. The Labute approximate surface area is 172 Å². The Kier molecular flexibility index (Phi) is 5.16. The summed E-state index contributed by atoms with van der Waals surface area (Å²) in [5, 5.41) is 21.1. The molecule has 1 saturated heterocycles. The van der Waals surface area contributed by atoms with E-state index >= 15 is 0 Å². The number of nitrogens with one attached hydrogen (secondary N) is 1. The van der Waals surface area contributed by atoms with Crippen molar-refractivity contribution in [3.05, 3.63) is 73.8 Å². The number of anilines is 1. The first-order chi connectivity index (χ1) is 14.5. The molecule has 1 aliphatic heterocycles. The normalized spacial score (nSPS) is 14.6. The lowest BCUT2D eigenvalue weighted by Gasteiger charge is -2.36. The lowest BCUT2D eigenvalue weighted by molar-refractivity contribution is -0.385. The average molecular weight is 404 g/mol. The molecule has 1 N–H and O–H groups in total. The topological polar surface area (TPSA) is 119 Å². The van der Waals surface area contributed by atoms with Crippen molar-refractivity contribution in [2.24, 2.45) is 0 Å². The van der Waals surface area contributed by atoms with Gasteiger partial charge < -0.3 is 9.88 Å². The van der Waals surface area contributed by atoms with Crippen molar-refractivity contribution in [2.45, 2.75) is 13.5 Å². The molecule has 2 aromatic carbocycles. The zero-order chi connectivity index (χ0) is 21.3. The van der Waals surface area contributed by atoms with Crippen molar-refractivity contribution in [3.8, 4) is 6.07 Å². The first-order valence-electron chi connectivity index (χ1n) is 9.60. The van der Waals surface area contributed by atoms with Crippen LogP contribution >= 0.6 is 0 Å². The number of nitriles is 1. The summed E-state index contributed by atoms with van der Waals surface area (Å²) < 4.78 is 0. The van der Waals surface area contributed by atoms with Gasteiger partial charge >= 0.3 is 0 Å². The third-order valence-electron chi connectivity index (χ3n) is 5.43. The number of aromatic nitrogens is 2. The number of piperazine rings is 1. The number of hydrogen-bond donors (Lipinski definition) is 1. The second kappa shape index (κ2) is 7.93. The first kappa shape index (κ1) is 19.5. The Morgan fingerprint density at radius 2 is 1.97 bits per heavy atom. The molecule has 3 aromatic rings. The van der Waals surface area contributed by atoms with E-state index in [0.717, 1.165) is 5.69 Å². The van der Waals surface area contributed by atoms with Crippen molar-refractivity contribution in [2.75, 3.05) is 31.1 Å². The maximum absolute atomic E-state index is 12.3. The molecule has 1 aliphatic rings. The van der Waals surface area contributed by atoms with E-state index in [2.05, 4.69) is 19.8 Å². The minimum Gasteiger partial charge on any atom is -0.369 e. The number of benzene rings is 2. The van der Waals surface area contributed by atoms with Gasteiger partial charge in [-0.2, -0.15) is 5.26 Å². The van der Waals surface area contributed by atoms with Crippen LogP contribution in [-0.4, -0.2) is 46.0 Å². The number of nitro groups is 1. The Morgan fingerprint density at radius 3 is 2.67 bits per heavy atom. The molecule has 2 heterocycles. The van der Waals surface area contributed by atoms with Crippen LogP contribution < -0.4 is 10.5 Å². The second-order valence-electron chi connectivity index (χ2n) is 7.30. The summed E-state index contributed by atoms with van der Waals surface area (Å²) in [4.78, 5) is 34.8. The van der Waals surface area contributed by atoms with E-state index in [9.17, 15) is 20.2 Å². The second-order valence-corrected chi connectivity index (χ2v) is 7.30. The van der Waals surface area contributed by atoms with Crippen molar-refractivity contribution >= 4 is 22.3 Å². The lowest BCUT2D eigenvalue weighted by atomic mass is 10.1. The van der Waals surface area contributed by atoms with Crippen molar-refractivity contribution in [1.29, 1.82) is 5.26 Å². The van der Waals surface area contributed by atoms with Gasteiger partial charge in [-0.1, -0.05) is 12.1 Å². The maximum Gasteiger partial charge on any atom is 0.275 e. The molecule has 0 bridgehead atoms. The summed E-state index contributed by atoms with van der Waals surface area (Å²) in [6.07, 6.45) is 0. The zero-order valence-electron chi connectivity index (χ0n) is 16.5. The summed E-state index contributed by atoms with van der Waals surface area (Å²) in [6, 6.07) is 12.3. The zero-order valence-corrected chi connectivity index (χ0v) is 16.5. The molecule has 0 atom stereocenters. The molecule has 0 unspecified atom stereocenters. The maximum atomic E-state index is 12.3. The van der Waals surface area contributed by atoms with E-state index in [4.69, 9.17) is 0 Å². The molecule has 30 heavy (non-hydrogen) atoms. The molecular weight excluding hydrogens is 384 g/mol. The largest absolute Gasteiger partial charge is 0.369 e. The molecule has 0 spiro atoms. The van der Waals surface area contributed by atoms with Crippen LogP contribution in [0, 0.1) is 28.4 Å². The summed E-state index contributed by atoms with van der Waals surface area (Å²) >= 11 is 0. The smallest absolute Gasteiger partial charge is 0.275 e. The molecule has 0 aliphatic carbocycles. The SMILES string of the molecule is Cc1c(N2CCN(Cc3nc4ccccc4c(=O)[nH]3)CC2)cc(C#N)cc1[N+](=O)[O-]. The standard InChI is InChI=1S/C21H20N6O3/c1-14-18(10-15(12-22)11-19(14)27(29)30)26-8-6-25(7-9-26)13-20-23-17-5-3-2-4-16(17)21(28)24-20/h2-5,10-11H,6-9,13H2,1H3,(H,23,24,28). The molecule has 152 valence electrons. The number of nitrogens with zero attached hydrogens (tertiary/aromatic N) is 5. The highest BCUT2D eigenvalue weighted by Crippen LogP contribution is 2.31. The van der Waals surface area contributed by atoms with E-state index in [1.165, 1.54) is 6.07 Å². The van der Waals surface area contributed by atoms with Crippen LogP contribution in [0.1, 0.15) is 17.0 Å². The number of hydrogen-bond acceptors (Lipinski definition) is 7. The minimum atomic E-state index is -0.447. The highest BCUT2D eigenvalue weighted by molar-refractivity contribution is 5.77. The van der Waals surface area contributed by atoms with Gasteiger partial charge in [0.05, 0.1) is 39.6 Å². The summed E-state index contributed by atoms with van der Waals surface area (Å²) in [6.45, 7) is 4.96. The molecule has 0 radical (unpaired) electrons. The van der Waals surface area contributed by atoms with Gasteiger partial charge in [0.1, 0.15) is 5.82 Å². The Balaban J connectivity index is 1.50. The molecule has 0 amide bonds. The Bertz CT molecular complexity index is 1220. The van der Waals surface area contributed by atoms with Crippen LogP contribution in [0.3, 0.4) is 0 Å². The molecule has 0 saturated carbocycles. The summed E-state index contributed by atoms with van der Waals surface area (Å²) in [7, 11) is 0. The fourth-order valence-corrected chi connectivity index (χ4v) is 3.84. The van der Waals surface area contributed by atoms with Crippen LogP contribution in [0.4, 0.5) is 11.4 Å². The highest BCUT2D eigenvalue weighted by atomic mass is 16.6. The quantitative estimate of drug-likeness (QED) is 0.523. The number of aromatic amines is 1. The monoisotopic (exact) mass is 404 g/mol. The van der Waals surface area contributed by atoms with Gasteiger partial charge in [0, 0.05) is 37.9 Å². The van der Waals surface area contributed by atoms with E-state index in [1.807, 2.05) is 24.3 Å². The van der Waals surface area contributed by atoms with Crippen LogP contribution in [0.25, 0.3) is 10.9 Å². The van der Waals surface area contributed by atoms with E-state index in [-0.39, 0.29) is 16.8 Å². The van der Waals surface area contributed by atoms with Crippen LogP contribution in [-0.2, 0) is 6.54 Å². The van der Waals surface area contributed by atoms with Gasteiger partial charge in [-0.05, 0) is 25.1 Å². The third-order valence-corrected chi connectivity index (χ3v) is 5.43. The molecule has 1 fully saturated rings.